The van der Waals surface area contributed by atoms with Crippen LogP contribution >= 0.6 is 11.6 Å². The molecule has 0 aliphatic carbocycles. The first-order valence-corrected chi connectivity index (χ1v) is 9.91. The third-order valence-corrected chi connectivity index (χ3v) is 6.10. The van der Waals surface area contributed by atoms with E-state index < -0.39 is 10.0 Å². The Morgan fingerprint density at radius 2 is 1.81 bits per heavy atom. The zero-order valence-corrected chi connectivity index (χ0v) is 16.0. The number of aryl methyl sites for hydroxylation is 1. The average Bonchev–Trinajstić information content (AvgIpc) is 3.05. The van der Waals surface area contributed by atoms with Gasteiger partial charge in [0.2, 0.25) is 21.7 Å². The van der Waals surface area contributed by atoms with Gasteiger partial charge in [0.15, 0.2) is 0 Å². The van der Waals surface area contributed by atoms with E-state index in [9.17, 15) is 8.42 Å². The molecule has 0 aliphatic rings. The van der Waals surface area contributed by atoms with Gasteiger partial charge in [0.1, 0.15) is 0 Å². The molecule has 3 rings (SSSR count). The van der Waals surface area contributed by atoms with E-state index in [4.69, 9.17) is 16.1 Å². The van der Waals surface area contributed by atoms with Crippen molar-refractivity contribution in [3.63, 3.8) is 0 Å². The molecule has 1 aromatic heterocycles. The number of hydrogen-bond acceptors (Lipinski definition) is 5. The van der Waals surface area contributed by atoms with Crippen LogP contribution in [0.4, 0.5) is 0 Å². The molecule has 0 bridgehead atoms. The largest absolute Gasteiger partial charge is 0.338 e. The van der Waals surface area contributed by atoms with E-state index in [1.807, 2.05) is 37.3 Å². The molecule has 0 radical (unpaired) electrons. The maximum atomic E-state index is 12.6. The van der Waals surface area contributed by atoms with Crippen molar-refractivity contribution in [1.82, 2.24) is 14.4 Å². The summed E-state index contributed by atoms with van der Waals surface area (Å²) in [5.41, 5.74) is 2.33. The molecule has 0 fully saturated rings. The molecule has 1 heterocycles. The van der Waals surface area contributed by atoms with E-state index >= 15 is 0 Å². The van der Waals surface area contributed by atoms with Crippen molar-refractivity contribution in [2.75, 3.05) is 7.05 Å². The maximum absolute atomic E-state index is 12.6. The smallest absolute Gasteiger partial charge is 0.242 e. The molecule has 0 N–H and O–H groups in total. The van der Waals surface area contributed by atoms with Crippen LogP contribution in [0.1, 0.15) is 17.0 Å². The number of aromatic nitrogens is 2. The number of benzene rings is 2. The third kappa shape index (κ3) is 4.12. The molecule has 26 heavy (non-hydrogen) atoms. The molecule has 0 saturated heterocycles. The Morgan fingerprint density at radius 3 is 2.54 bits per heavy atom. The number of rotatable bonds is 6. The van der Waals surface area contributed by atoms with Crippen LogP contribution in [0.25, 0.3) is 11.4 Å². The molecular formula is C18H18ClN3O3S. The van der Waals surface area contributed by atoms with Crippen LogP contribution in [0, 0.1) is 6.92 Å². The summed E-state index contributed by atoms with van der Waals surface area (Å²) in [5.74, 6) is 0.452. The SMILES string of the molecule is Cc1ccccc1CS(=O)(=O)N(C)Cc1nc(-c2ccccc2Cl)no1. The van der Waals surface area contributed by atoms with Gasteiger partial charge in [-0.25, -0.2) is 8.42 Å². The maximum Gasteiger partial charge on any atom is 0.242 e. The van der Waals surface area contributed by atoms with Crippen LogP contribution in [-0.2, 0) is 22.3 Å². The normalized spacial score (nSPS) is 11.8. The van der Waals surface area contributed by atoms with Gasteiger partial charge < -0.3 is 4.52 Å². The summed E-state index contributed by atoms with van der Waals surface area (Å²) < 4.78 is 31.6. The Morgan fingerprint density at radius 1 is 1.12 bits per heavy atom. The van der Waals surface area contributed by atoms with Gasteiger partial charge >= 0.3 is 0 Å². The Balaban J connectivity index is 1.75. The van der Waals surface area contributed by atoms with Gasteiger partial charge in [-0.1, -0.05) is 53.2 Å². The first-order valence-electron chi connectivity index (χ1n) is 7.93. The molecule has 0 atom stereocenters. The lowest BCUT2D eigenvalue weighted by atomic mass is 10.1. The molecule has 3 aromatic rings. The molecule has 0 amide bonds. The van der Waals surface area contributed by atoms with Gasteiger partial charge in [0.05, 0.1) is 17.3 Å². The molecular weight excluding hydrogens is 374 g/mol. The van der Waals surface area contributed by atoms with Crippen LogP contribution in [0.2, 0.25) is 5.02 Å². The lowest BCUT2D eigenvalue weighted by Gasteiger charge is -2.15. The van der Waals surface area contributed by atoms with E-state index in [0.717, 1.165) is 11.1 Å². The second-order valence-corrected chi connectivity index (χ2v) is 8.41. The van der Waals surface area contributed by atoms with E-state index in [1.54, 1.807) is 18.2 Å². The number of sulfonamides is 1. The Kier molecular flexibility index (Phi) is 5.41. The highest BCUT2D eigenvalue weighted by atomic mass is 35.5. The summed E-state index contributed by atoms with van der Waals surface area (Å²) in [6.45, 7) is 1.88. The minimum atomic E-state index is -3.52. The zero-order chi connectivity index (χ0) is 18.7. The minimum Gasteiger partial charge on any atom is -0.338 e. The van der Waals surface area contributed by atoms with E-state index in [-0.39, 0.29) is 18.2 Å². The molecule has 0 aliphatic heterocycles. The molecule has 0 unspecified atom stereocenters. The number of halogens is 1. The quantitative estimate of drug-likeness (QED) is 0.640. The topological polar surface area (TPSA) is 76.3 Å². The summed E-state index contributed by atoms with van der Waals surface area (Å²) in [4.78, 5) is 4.25. The first-order chi connectivity index (χ1) is 12.4. The Hall–Kier alpha value is -2.22. The first kappa shape index (κ1) is 18.6. The molecule has 6 nitrogen and oxygen atoms in total. The average molecular weight is 392 g/mol. The van der Waals surface area contributed by atoms with Crippen molar-refractivity contribution in [2.45, 2.75) is 19.2 Å². The van der Waals surface area contributed by atoms with Gasteiger partial charge in [0.25, 0.3) is 0 Å². The van der Waals surface area contributed by atoms with Gasteiger partial charge in [0, 0.05) is 12.6 Å². The highest BCUT2D eigenvalue weighted by Crippen LogP contribution is 2.25. The Labute approximate surface area is 157 Å². The van der Waals surface area contributed by atoms with Crippen molar-refractivity contribution in [1.29, 1.82) is 0 Å². The second kappa shape index (κ2) is 7.57. The van der Waals surface area contributed by atoms with Crippen molar-refractivity contribution in [3.05, 3.63) is 70.6 Å². The van der Waals surface area contributed by atoms with Crippen molar-refractivity contribution in [3.8, 4) is 11.4 Å². The summed E-state index contributed by atoms with van der Waals surface area (Å²) in [7, 11) is -2.03. The molecule has 8 heteroatoms. The van der Waals surface area contributed by atoms with Crippen molar-refractivity contribution >= 4 is 21.6 Å². The fraction of sp³-hybridized carbons (Fsp3) is 0.222. The van der Waals surface area contributed by atoms with Gasteiger partial charge in [-0.05, 0) is 30.2 Å². The minimum absolute atomic E-state index is 0.00827. The van der Waals surface area contributed by atoms with E-state index in [1.165, 1.54) is 11.4 Å². The monoisotopic (exact) mass is 391 g/mol. The predicted molar refractivity (Wildman–Crippen MR) is 100 cm³/mol. The zero-order valence-electron chi connectivity index (χ0n) is 14.4. The predicted octanol–water partition coefficient (Wildman–Crippen LogP) is 3.66. The lowest BCUT2D eigenvalue weighted by Crippen LogP contribution is -2.28. The van der Waals surface area contributed by atoms with Crippen LogP contribution in [0.15, 0.2) is 53.1 Å². The highest BCUT2D eigenvalue weighted by Gasteiger charge is 2.22. The molecule has 0 spiro atoms. The van der Waals surface area contributed by atoms with Crippen molar-refractivity contribution < 1.29 is 12.9 Å². The number of hydrogen-bond donors (Lipinski definition) is 0. The van der Waals surface area contributed by atoms with Gasteiger partial charge in [-0.15, -0.1) is 0 Å². The third-order valence-electron chi connectivity index (χ3n) is 4.01. The summed E-state index contributed by atoms with van der Waals surface area (Å²) in [6, 6.07) is 14.5. The van der Waals surface area contributed by atoms with Gasteiger partial charge in [-0.3, -0.25) is 0 Å². The van der Waals surface area contributed by atoms with Crippen LogP contribution in [0.3, 0.4) is 0 Å². The van der Waals surface area contributed by atoms with Crippen LogP contribution in [0.5, 0.6) is 0 Å². The molecule has 0 saturated carbocycles. The second-order valence-electron chi connectivity index (χ2n) is 5.93. The standard InChI is InChI=1S/C18H18ClN3O3S/c1-13-7-3-4-8-14(13)12-26(23,24)22(2)11-17-20-18(21-25-17)15-9-5-6-10-16(15)19/h3-10H,11-12H2,1-2H3. The van der Waals surface area contributed by atoms with E-state index in [0.29, 0.717) is 16.4 Å². The Bertz CT molecular complexity index is 1020. The number of nitrogens with zero attached hydrogens (tertiary/aromatic N) is 3. The molecule has 2 aromatic carbocycles. The summed E-state index contributed by atoms with van der Waals surface area (Å²) >= 11 is 6.12. The molecule has 136 valence electrons. The van der Waals surface area contributed by atoms with Crippen molar-refractivity contribution in [2.24, 2.45) is 0 Å². The van der Waals surface area contributed by atoms with Crippen LogP contribution < -0.4 is 0 Å². The van der Waals surface area contributed by atoms with Crippen LogP contribution in [-0.4, -0.2) is 29.9 Å². The van der Waals surface area contributed by atoms with Gasteiger partial charge in [-0.2, -0.15) is 9.29 Å². The summed E-state index contributed by atoms with van der Waals surface area (Å²) in [5, 5.41) is 4.39. The lowest BCUT2D eigenvalue weighted by molar-refractivity contribution is 0.336. The van der Waals surface area contributed by atoms with E-state index in [2.05, 4.69) is 10.1 Å². The summed E-state index contributed by atoms with van der Waals surface area (Å²) in [6.07, 6.45) is 0. The fourth-order valence-corrected chi connectivity index (χ4v) is 3.90. The fourth-order valence-electron chi connectivity index (χ4n) is 2.44. The highest BCUT2D eigenvalue weighted by molar-refractivity contribution is 7.88.